The number of carbonyl (C=O) groups excluding carboxylic acids is 1. The maximum absolute atomic E-state index is 14.9. The number of aryl methyl sites for hydroxylation is 1. The largest absolute Gasteiger partial charge is 0.479 e. The predicted molar refractivity (Wildman–Crippen MR) is 149 cm³/mol. The number of amides is 1. The van der Waals surface area contributed by atoms with Crippen molar-refractivity contribution in [3.05, 3.63) is 70.3 Å². The number of alkyl halides is 5. The molecule has 0 bridgehead atoms. The van der Waals surface area contributed by atoms with Crippen LogP contribution in [0.3, 0.4) is 0 Å². The maximum Gasteiger partial charge on any atom is 0.426 e. The first kappa shape index (κ1) is 30.5. The van der Waals surface area contributed by atoms with E-state index < -0.39 is 40.4 Å². The summed E-state index contributed by atoms with van der Waals surface area (Å²) in [6.45, 7) is 5.19. The van der Waals surface area contributed by atoms with Crippen molar-refractivity contribution in [2.45, 2.75) is 107 Å². The molecule has 4 nitrogen and oxygen atoms in total. The SMILES string of the molecule is CC(C)c1ccc(CC23CCN(C(=O)C4CCC(F)(C(=O)O)CC4)C2CCc2cc(C(C)(F)C(F)(F)F)ccc23)cc1. The number of aliphatic carboxylic acids is 1. The molecule has 2 fully saturated rings. The van der Waals surface area contributed by atoms with E-state index >= 15 is 0 Å². The van der Waals surface area contributed by atoms with Crippen LogP contribution in [0.5, 0.6) is 0 Å². The summed E-state index contributed by atoms with van der Waals surface area (Å²) in [4.78, 5) is 27.1. The summed E-state index contributed by atoms with van der Waals surface area (Å²) >= 11 is 0. The van der Waals surface area contributed by atoms with E-state index in [2.05, 4.69) is 38.1 Å². The van der Waals surface area contributed by atoms with Gasteiger partial charge in [0.25, 0.3) is 0 Å². The van der Waals surface area contributed by atoms with Crippen molar-refractivity contribution in [1.29, 1.82) is 0 Å². The van der Waals surface area contributed by atoms with Crippen LogP contribution in [-0.4, -0.2) is 46.3 Å². The van der Waals surface area contributed by atoms with E-state index in [1.165, 1.54) is 17.7 Å². The molecule has 9 heteroatoms. The zero-order chi connectivity index (χ0) is 30.7. The molecule has 3 aliphatic rings. The van der Waals surface area contributed by atoms with Crippen LogP contribution in [0.15, 0.2) is 42.5 Å². The molecule has 42 heavy (non-hydrogen) atoms. The molecule has 5 rings (SSSR count). The topological polar surface area (TPSA) is 57.6 Å². The summed E-state index contributed by atoms with van der Waals surface area (Å²) in [5, 5.41) is 9.26. The minimum atomic E-state index is -5.05. The smallest absolute Gasteiger partial charge is 0.426 e. The summed E-state index contributed by atoms with van der Waals surface area (Å²) < 4.78 is 70.3. The highest BCUT2D eigenvalue weighted by Gasteiger charge is 2.56. The monoisotopic (exact) mass is 591 g/mol. The Hall–Kier alpha value is -2.97. The average molecular weight is 592 g/mol. The van der Waals surface area contributed by atoms with Crippen molar-refractivity contribution in [2.24, 2.45) is 5.92 Å². The number of benzene rings is 2. The van der Waals surface area contributed by atoms with E-state index in [0.29, 0.717) is 50.6 Å². The van der Waals surface area contributed by atoms with Crippen molar-refractivity contribution in [2.75, 3.05) is 6.54 Å². The molecule has 2 aromatic carbocycles. The zero-order valence-corrected chi connectivity index (χ0v) is 24.2. The third-order valence-electron chi connectivity index (χ3n) is 10.2. The number of fused-ring (bicyclic) bond motifs is 3. The summed E-state index contributed by atoms with van der Waals surface area (Å²) in [7, 11) is 0. The molecule has 3 atom stereocenters. The summed E-state index contributed by atoms with van der Waals surface area (Å²) in [6, 6.07) is 12.2. The summed E-state index contributed by atoms with van der Waals surface area (Å²) in [5.74, 6) is -1.73. The van der Waals surface area contributed by atoms with Gasteiger partial charge in [-0.1, -0.05) is 56.3 Å². The Morgan fingerprint density at radius 2 is 1.64 bits per heavy atom. The average Bonchev–Trinajstić information content (AvgIpc) is 3.31. The van der Waals surface area contributed by atoms with Crippen molar-refractivity contribution in [3.63, 3.8) is 0 Å². The fourth-order valence-electron chi connectivity index (χ4n) is 7.44. The first-order valence-electron chi connectivity index (χ1n) is 14.8. The standard InChI is InChI=1S/C33H38F5NO3/c1-20(2)22-6-4-21(5-7-22)19-31-16-17-39(28(40)23-12-14-32(35,15-13-23)29(41)42)27(31)11-8-24-18-25(9-10-26(24)31)30(3,34)33(36,37)38/h4-7,9-10,18,20,23,27H,8,11-17,19H2,1-3H3,(H,41,42). The molecule has 2 aliphatic carbocycles. The van der Waals surface area contributed by atoms with Crippen LogP contribution in [0, 0.1) is 5.92 Å². The molecular weight excluding hydrogens is 553 g/mol. The second-order valence-electron chi connectivity index (χ2n) is 13.0. The Morgan fingerprint density at radius 1 is 1.00 bits per heavy atom. The van der Waals surface area contributed by atoms with E-state index in [1.807, 2.05) is 4.90 Å². The predicted octanol–water partition coefficient (Wildman–Crippen LogP) is 7.57. The van der Waals surface area contributed by atoms with Gasteiger partial charge in [-0.25, -0.2) is 13.6 Å². The molecule has 1 heterocycles. The molecule has 228 valence electrons. The highest BCUT2D eigenvalue weighted by Crippen LogP contribution is 2.52. The Balaban J connectivity index is 1.49. The minimum absolute atomic E-state index is 0.113. The van der Waals surface area contributed by atoms with Gasteiger partial charge < -0.3 is 10.0 Å². The fourth-order valence-corrected chi connectivity index (χ4v) is 7.44. The molecule has 0 radical (unpaired) electrons. The third kappa shape index (κ3) is 5.11. The van der Waals surface area contributed by atoms with Gasteiger partial charge in [0.15, 0.2) is 0 Å². The second kappa shape index (κ2) is 10.6. The van der Waals surface area contributed by atoms with Crippen molar-refractivity contribution in [1.82, 2.24) is 4.90 Å². The van der Waals surface area contributed by atoms with Gasteiger partial charge >= 0.3 is 12.1 Å². The molecule has 1 saturated heterocycles. The van der Waals surface area contributed by atoms with Crippen LogP contribution in [0.25, 0.3) is 0 Å². The maximum atomic E-state index is 14.9. The van der Waals surface area contributed by atoms with E-state index in [0.717, 1.165) is 11.1 Å². The van der Waals surface area contributed by atoms with E-state index in [1.54, 1.807) is 6.07 Å². The van der Waals surface area contributed by atoms with Gasteiger partial charge in [-0.15, -0.1) is 0 Å². The van der Waals surface area contributed by atoms with Gasteiger partial charge in [0, 0.05) is 23.9 Å². The lowest BCUT2D eigenvalue weighted by Gasteiger charge is -2.45. The quantitative estimate of drug-likeness (QED) is 0.353. The normalized spacial score (nSPS) is 29.1. The molecule has 3 unspecified atom stereocenters. The molecule has 2 aromatic rings. The van der Waals surface area contributed by atoms with Crippen LogP contribution >= 0.6 is 0 Å². The van der Waals surface area contributed by atoms with Crippen LogP contribution in [0.1, 0.15) is 93.0 Å². The Bertz CT molecular complexity index is 1340. The number of carboxylic acids is 1. The summed E-state index contributed by atoms with van der Waals surface area (Å²) in [5.41, 5.74) is -3.05. The molecule has 1 amide bonds. The van der Waals surface area contributed by atoms with Crippen LogP contribution in [0.2, 0.25) is 0 Å². The minimum Gasteiger partial charge on any atom is -0.479 e. The van der Waals surface area contributed by atoms with E-state index in [-0.39, 0.29) is 37.6 Å². The highest BCUT2D eigenvalue weighted by atomic mass is 19.4. The number of halogens is 5. The molecule has 1 N–H and O–H groups in total. The van der Waals surface area contributed by atoms with Crippen molar-refractivity contribution in [3.8, 4) is 0 Å². The Morgan fingerprint density at radius 3 is 2.21 bits per heavy atom. The van der Waals surface area contributed by atoms with E-state index in [4.69, 9.17) is 0 Å². The van der Waals surface area contributed by atoms with Crippen molar-refractivity contribution >= 4 is 11.9 Å². The summed E-state index contributed by atoms with van der Waals surface area (Å²) in [6.07, 6.45) is -3.11. The molecule has 0 spiro atoms. The molecule has 1 aliphatic heterocycles. The number of hydrogen-bond donors (Lipinski definition) is 1. The van der Waals surface area contributed by atoms with Gasteiger partial charge in [0.05, 0.1) is 0 Å². The van der Waals surface area contributed by atoms with Crippen LogP contribution in [-0.2, 0) is 33.5 Å². The van der Waals surface area contributed by atoms with E-state index in [9.17, 15) is 36.6 Å². The number of rotatable bonds is 6. The molecular formula is C33H38F5NO3. The first-order valence-corrected chi connectivity index (χ1v) is 14.8. The third-order valence-corrected chi connectivity index (χ3v) is 10.2. The van der Waals surface area contributed by atoms with Crippen LogP contribution in [0.4, 0.5) is 22.0 Å². The highest BCUT2D eigenvalue weighted by molar-refractivity contribution is 5.82. The van der Waals surface area contributed by atoms with Crippen molar-refractivity contribution < 1.29 is 36.6 Å². The lowest BCUT2D eigenvalue weighted by molar-refractivity contribution is -0.228. The molecule has 1 saturated carbocycles. The number of carboxylic acid groups (broad SMARTS) is 1. The first-order chi connectivity index (χ1) is 19.6. The molecule has 0 aromatic heterocycles. The van der Waals surface area contributed by atoms with Gasteiger partial charge in [-0.3, -0.25) is 4.79 Å². The van der Waals surface area contributed by atoms with Gasteiger partial charge in [-0.05, 0) is 92.0 Å². The van der Waals surface area contributed by atoms with Crippen LogP contribution < -0.4 is 0 Å². The number of hydrogen-bond acceptors (Lipinski definition) is 2. The fraction of sp³-hybridized carbons (Fsp3) is 0.576. The van der Waals surface area contributed by atoms with Gasteiger partial charge in [-0.2, -0.15) is 13.2 Å². The lowest BCUT2D eigenvalue weighted by atomic mass is 9.63. The zero-order valence-electron chi connectivity index (χ0n) is 24.2. The number of nitrogens with zero attached hydrogens (tertiary/aromatic N) is 1. The Labute approximate surface area is 243 Å². The number of carbonyl (C=O) groups is 2. The second-order valence-corrected chi connectivity index (χ2v) is 13.0. The lowest BCUT2D eigenvalue weighted by Crippen LogP contribution is -2.51. The van der Waals surface area contributed by atoms with Gasteiger partial charge in [0.2, 0.25) is 17.2 Å². The number of likely N-dealkylation sites (tertiary alicyclic amines) is 1. The van der Waals surface area contributed by atoms with Gasteiger partial charge in [0.1, 0.15) is 0 Å². The Kier molecular flexibility index (Phi) is 7.72.